The van der Waals surface area contributed by atoms with Crippen molar-refractivity contribution in [1.82, 2.24) is 9.88 Å². The average Bonchev–Trinajstić information content (AvgIpc) is 2.77. The van der Waals surface area contributed by atoms with Crippen molar-refractivity contribution in [3.8, 4) is 11.1 Å². The van der Waals surface area contributed by atoms with Gasteiger partial charge in [0.15, 0.2) is 5.78 Å². The molecule has 3 aromatic rings. The normalized spacial score (nSPS) is 10.6. The summed E-state index contributed by atoms with van der Waals surface area (Å²) in [5.74, 6) is 0.582. The van der Waals surface area contributed by atoms with Crippen LogP contribution in [0, 0.1) is 0 Å². The predicted molar refractivity (Wildman–Crippen MR) is 116 cm³/mol. The highest BCUT2D eigenvalue weighted by Crippen LogP contribution is 2.21. The van der Waals surface area contributed by atoms with Gasteiger partial charge in [-0.2, -0.15) is 0 Å². The van der Waals surface area contributed by atoms with Crippen molar-refractivity contribution in [1.29, 1.82) is 0 Å². The number of anilines is 1. The Morgan fingerprint density at radius 2 is 1.48 bits per heavy atom. The molecule has 0 aliphatic heterocycles. The zero-order valence-electron chi connectivity index (χ0n) is 16.8. The molecule has 0 aliphatic carbocycles. The van der Waals surface area contributed by atoms with Gasteiger partial charge in [0.05, 0.1) is 0 Å². The number of nitrogens with two attached hydrogens (primary N) is 1. The van der Waals surface area contributed by atoms with E-state index in [1.807, 2.05) is 61.5 Å². The molecule has 1 aromatic heterocycles. The molecule has 0 unspecified atom stereocenters. The van der Waals surface area contributed by atoms with E-state index < -0.39 is 0 Å². The van der Waals surface area contributed by atoms with Crippen LogP contribution in [0.2, 0.25) is 0 Å². The van der Waals surface area contributed by atoms with E-state index in [0.29, 0.717) is 36.3 Å². The summed E-state index contributed by atoms with van der Waals surface area (Å²) >= 11 is 0. The third kappa shape index (κ3) is 5.08. The Morgan fingerprint density at radius 3 is 2.00 bits per heavy atom. The first kappa shape index (κ1) is 20.3. The summed E-state index contributed by atoms with van der Waals surface area (Å²) in [6, 6.07) is 18.8. The molecule has 29 heavy (non-hydrogen) atoms. The molecule has 5 heteroatoms. The molecule has 0 aliphatic rings. The maximum absolute atomic E-state index is 12.5. The zero-order chi connectivity index (χ0) is 20.8. The first-order valence-corrected chi connectivity index (χ1v) is 9.67. The first-order chi connectivity index (χ1) is 14.0. The maximum Gasteiger partial charge on any atom is 0.253 e. The van der Waals surface area contributed by atoms with Gasteiger partial charge in [0, 0.05) is 37.3 Å². The van der Waals surface area contributed by atoms with Crippen LogP contribution in [0.25, 0.3) is 11.1 Å². The summed E-state index contributed by atoms with van der Waals surface area (Å²) in [5, 5.41) is 0. The first-order valence-electron chi connectivity index (χ1n) is 9.67. The van der Waals surface area contributed by atoms with Crippen LogP contribution in [0.4, 0.5) is 5.82 Å². The van der Waals surface area contributed by atoms with E-state index in [0.717, 1.165) is 16.7 Å². The van der Waals surface area contributed by atoms with Crippen molar-refractivity contribution >= 4 is 17.5 Å². The van der Waals surface area contributed by atoms with Crippen molar-refractivity contribution < 1.29 is 9.59 Å². The number of carbonyl (C=O) groups excluding carboxylic acids is 2. The minimum atomic E-state index is 0.0105. The molecule has 2 aromatic carbocycles. The Bertz CT molecular complexity index is 978. The van der Waals surface area contributed by atoms with Crippen molar-refractivity contribution in [2.24, 2.45) is 0 Å². The van der Waals surface area contributed by atoms with Crippen molar-refractivity contribution in [2.75, 3.05) is 19.3 Å². The van der Waals surface area contributed by atoms with Crippen LogP contribution < -0.4 is 5.73 Å². The smallest absolute Gasteiger partial charge is 0.253 e. The minimum absolute atomic E-state index is 0.0105. The maximum atomic E-state index is 12.5. The van der Waals surface area contributed by atoms with Crippen molar-refractivity contribution in [3.63, 3.8) is 0 Å². The number of rotatable bonds is 7. The average molecular weight is 387 g/mol. The SMILES string of the molecule is CCN(C)C(=O)c1ccc(-c2ccc(C(=O)CCc3ccc(N)nc3)cc2)cc1. The quantitative estimate of drug-likeness (QED) is 0.615. The lowest BCUT2D eigenvalue weighted by Gasteiger charge is -2.14. The fourth-order valence-electron chi connectivity index (χ4n) is 3.00. The second kappa shape index (κ2) is 9.15. The highest BCUT2D eigenvalue weighted by Gasteiger charge is 2.11. The molecule has 0 fully saturated rings. The highest BCUT2D eigenvalue weighted by atomic mass is 16.2. The zero-order valence-corrected chi connectivity index (χ0v) is 16.8. The number of carbonyl (C=O) groups is 2. The van der Waals surface area contributed by atoms with E-state index >= 15 is 0 Å². The number of ketones is 1. The van der Waals surface area contributed by atoms with Gasteiger partial charge < -0.3 is 10.6 Å². The third-order valence-corrected chi connectivity index (χ3v) is 4.98. The number of amides is 1. The van der Waals surface area contributed by atoms with Gasteiger partial charge in [-0.05, 0) is 48.2 Å². The van der Waals surface area contributed by atoms with E-state index in [1.54, 1.807) is 24.2 Å². The third-order valence-electron chi connectivity index (χ3n) is 4.98. The van der Waals surface area contributed by atoms with Gasteiger partial charge in [0.1, 0.15) is 5.82 Å². The molecular formula is C24H25N3O2. The molecule has 0 spiro atoms. The number of pyridine rings is 1. The number of aromatic nitrogens is 1. The Morgan fingerprint density at radius 1 is 0.897 bits per heavy atom. The van der Waals surface area contributed by atoms with Crippen LogP contribution in [0.15, 0.2) is 66.9 Å². The van der Waals surface area contributed by atoms with Gasteiger partial charge in [-0.1, -0.05) is 42.5 Å². The molecule has 5 nitrogen and oxygen atoms in total. The van der Waals surface area contributed by atoms with Crippen LogP contribution in [0.3, 0.4) is 0 Å². The van der Waals surface area contributed by atoms with Gasteiger partial charge >= 0.3 is 0 Å². The number of benzene rings is 2. The molecule has 0 atom stereocenters. The number of nitrogen functional groups attached to an aromatic ring is 1. The topological polar surface area (TPSA) is 76.3 Å². The molecule has 0 radical (unpaired) electrons. The lowest BCUT2D eigenvalue weighted by atomic mass is 9.99. The number of Topliss-reactive ketones (excluding diaryl/α,β-unsaturated/α-hetero) is 1. The minimum Gasteiger partial charge on any atom is -0.384 e. The number of hydrogen-bond acceptors (Lipinski definition) is 4. The monoisotopic (exact) mass is 387 g/mol. The van der Waals surface area contributed by atoms with Crippen molar-refractivity contribution in [3.05, 3.63) is 83.6 Å². The predicted octanol–water partition coefficient (Wildman–Crippen LogP) is 4.24. The van der Waals surface area contributed by atoms with Crippen LogP contribution in [0.5, 0.6) is 0 Å². The molecule has 0 saturated carbocycles. The summed E-state index contributed by atoms with van der Waals surface area (Å²) < 4.78 is 0. The van der Waals surface area contributed by atoms with E-state index in [2.05, 4.69) is 4.98 Å². The summed E-state index contributed by atoms with van der Waals surface area (Å²) in [4.78, 5) is 30.4. The second-order valence-corrected chi connectivity index (χ2v) is 6.99. The summed E-state index contributed by atoms with van der Waals surface area (Å²) in [5.41, 5.74) is 9.95. The van der Waals surface area contributed by atoms with Gasteiger partial charge in [0.2, 0.25) is 0 Å². The molecule has 0 bridgehead atoms. The summed E-state index contributed by atoms with van der Waals surface area (Å²) in [6.07, 6.45) is 2.76. The number of nitrogens with zero attached hydrogens (tertiary/aromatic N) is 2. The molecular weight excluding hydrogens is 362 g/mol. The fraction of sp³-hybridized carbons (Fsp3) is 0.208. The van der Waals surface area contributed by atoms with E-state index in [9.17, 15) is 9.59 Å². The lowest BCUT2D eigenvalue weighted by Crippen LogP contribution is -2.26. The molecule has 0 saturated heterocycles. The standard InChI is InChI=1S/C24H25N3O2/c1-3-27(2)24(29)21-12-8-19(9-13-21)18-6-10-20(11-7-18)22(28)14-4-17-5-15-23(25)26-16-17/h5-13,15-16H,3-4,14H2,1-2H3,(H2,25,26). The number of aryl methyl sites for hydroxylation is 1. The molecule has 1 amide bonds. The largest absolute Gasteiger partial charge is 0.384 e. The molecule has 1 heterocycles. The molecule has 2 N–H and O–H groups in total. The van der Waals surface area contributed by atoms with Gasteiger partial charge in [-0.15, -0.1) is 0 Å². The van der Waals surface area contributed by atoms with E-state index in [1.165, 1.54) is 0 Å². The Kier molecular flexibility index (Phi) is 6.39. The van der Waals surface area contributed by atoms with Crippen LogP contribution in [-0.2, 0) is 6.42 Å². The fourth-order valence-corrected chi connectivity index (χ4v) is 3.00. The van der Waals surface area contributed by atoms with E-state index in [4.69, 9.17) is 5.73 Å². The molecule has 148 valence electrons. The van der Waals surface area contributed by atoms with Gasteiger partial charge in [-0.3, -0.25) is 9.59 Å². The van der Waals surface area contributed by atoms with Crippen LogP contribution in [-0.4, -0.2) is 35.2 Å². The highest BCUT2D eigenvalue weighted by molar-refractivity contribution is 5.97. The lowest BCUT2D eigenvalue weighted by molar-refractivity contribution is 0.0802. The second-order valence-electron chi connectivity index (χ2n) is 6.99. The Labute approximate surface area is 171 Å². The summed E-state index contributed by atoms with van der Waals surface area (Å²) in [6.45, 7) is 2.62. The summed E-state index contributed by atoms with van der Waals surface area (Å²) in [7, 11) is 1.79. The molecule has 3 rings (SSSR count). The van der Waals surface area contributed by atoms with E-state index in [-0.39, 0.29) is 11.7 Å². The Balaban J connectivity index is 1.64. The van der Waals surface area contributed by atoms with Gasteiger partial charge in [-0.25, -0.2) is 4.98 Å². The van der Waals surface area contributed by atoms with Gasteiger partial charge in [0.25, 0.3) is 5.91 Å². The van der Waals surface area contributed by atoms with Crippen LogP contribution in [0.1, 0.15) is 39.6 Å². The van der Waals surface area contributed by atoms with Crippen molar-refractivity contribution in [2.45, 2.75) is 19.8 Å². The number of hydrogen-bond donors (Lipinski definition) is 1. The van der Waals surface area contributed by atoms with Crippen LogP contribution >= 0.6 is 0 Å². The Hall–Kier alpha value is -3.47.